The van der Waals surface area contributed by atoms with Crippen molar-refractivity contribution in [1.82, 2.24) is 24.8 Å². The molecule has 0 bridgehead atoms. The standard InChI is InChI=1S/C33H41N5O8S2/c1-20(2)15-38(48(41,42)26-8-9-28-23(13-26)14-34-37-28)16-30(39)29(36-33(40)46-31-18-45-32-27(31)10-11-43-32)12-22-4-6-25(7-5-22)44-17-24-19-47-21(3)35-24/h4-9,13-14,19-20,27,29-32,39H,10-12,15-18H2,1-3H3,(H,34,37)(H,36,40)/t27-,29-,30+,31-,32+/m0/s1/i1D3,2D3,18D2,20D,31D. The highest BCUT2D eigenvalue weighted by Gasteiger charge is 2.44. The maximum atomic E-state index is 14.3. The number of aliphatic hydroxyl groups excluding tert-OH is 1. The zero-order valence-corrected chi connectivity index (χ0v) is 27.3. The molecular weight excluding hydrogens is 659 g/mol. The molecule has 2 fully saturated rings. The first kappa shape index (κ1) is 23.7. The number of nitrogens with one attached hydrogen (secondary N) is 2. The Hall–Kier alpha value is -3.60. The SMILES string of the molecule is [2H]C([2H])([2H])C([2H])(CN(C[C@@H](O)[C@H](Cc1ccc(OCc2csc(C)n2)cc1)NC(=O)O[C@]1([2H])[C@@H]2CCO[C@@H]2OC1([2H])[2H])S(=O)(=O)c1ccc2[nH]ncc2c1)C([2H])([2H])[2H]. The van der Waals surface area contributed by atoms with Crippen LogP contribution in [0.3, 0.4) is 0 Å². The van der Waals surface area contributed by atoms with Crippen molar-refractivity contribution in [3.8, 4) is 5.75 Å². The largest absolute Gasteiger partial charge is 0.487 e. The molecule has 0 saturated carbocycles. The number of fused-ring (bicyclic) bond motifs is 2. The average molecular weight is 710 g/mol. The van der Waals surface area contributed by atoms with Gasteiger partial charge in [0.25, 0.3) is 0 Å². The third-order valence-corrected chi connectivity index (χ3v) is 10.5. The maximum Gasteiger partial charge on any atom is 0.407 e. The van der Waals surface area contributed by atoms with Crippen molar-refractivity contribution in [3.05, 3.63) is 70.3 Å². The van der Waals surface area contributed by atoms with E-state index in [0.29, 0.717) is 26.5 Å². The zero-order valence-electron chi connectivity index (χ0n) is 35.7. The van der Waals surface area contributed by atoms with Gasteiger partial charge < -0.3 is 29.4 Å². The molecule has 0 radical (unpaired) electrons. The molecule has 258 valence electrons. The summed E-state index contributed by atoms with van der Waals surface area (Å²) in [5, 5.41) is 23.8. The van der Waals surface area contributed by atoms with Crippen LogP contribution in [0, 0.1) is 18.7 Å². The summed E-state index contributed by atoms with van der Waals surface area (Å²) < 4.78 is 133. The molecule has 6 rings (SSSR count). The average Bonchev–Trinajstić information content (AvgIpc) is 3.92. The minimum absolute atomic E-state index is 0.114. The van der Waals surface area contributed by atoms with E-state index in [1.165, 1.54) is 29.7 Å². The molecule has 4 aromatic rings. The Kier molecular flexibility index (Phi) is 7.35. The van der Waals surface area contributed by atoms with E-state index < -0.39 is 90.7 Å². The summed E-state index contributed by atoms with van der Waals surface area (Å²) in [5.41, 5.74) is 1.61. The van der Waals surface area contributed by atoms with Crippen LogP contribution in [0.15, 0.2) is 58.9 Å². The van der Waals surface area contributed by atoms with Crippen molar-refractivity contribution >= 4 is 38.4 Å². The number of rotatable bonds is 14. The van der Waals surface area contributed by atoms with Gasteiger partial charge in [-0.25, -0.2) is 18.2 Å². The third-order valence-electron chi connectivity index (χ3n) is 7.83. The number of aliphatic hydroxyl groups is 1. The smallest absolute Gasteiger partial charge is 0.407 e. The summed E-state index contributed by atoms with van der Waals surface area (Å²) in [4.78, 5) is 17.5. The van der Waals surface area contributed by atoms with Crippen molar-refractivity contribution in [3.63, 3.8) is 0 Å². The minimum atomic E-state index is -4.90. The molecule has 13 nitrogen and oxygen atoms in total. The van der Waals surface area contributed by atoms with Gasteiger partial charge in [-0.15, -0.1) is 11.3 Å². The first-order valence-electron chi connectivity index (χ1n) is 20.0. The minimum Gasteiger partial charge on any atom is -0.487 e. The number of aromatic amines is 1. The van der Waals surface area contributed by atoms with Gasteiger partial charge in [0.15, 0.2) is 6.29 Å². The number of benzene rings is 2. The number of alkyl carbamates (subject to hydrolysis) is 1. The molecule has 2 aliphatic rings. The molecule has 0 aliphatic carbocycles. The molecule has 4 heterocycles. The van der Waals surface area contributed by atoms with Crippen LogP contribution in [-0.2, 0) is 37.3 Å². The number of carbonyl (C=O) groups is 1. The van der Waals surface area contributed by atoms with Crippen molar-refractivity contribution in [2.24, 2.45) is 11.8 Å². The van der Waals surface area contributed by atoms with Gasteiger partial charge >= 0.3 is 6.09 Å². The highest BCUT2D eigenvalue weighted by atomic mass is 32.2. The van der Waals surface area contributed by atoms with Gasteiger partial charge in [0.05, 0.1) is 62.7 Å². The number of aromatic nitrogens is 3. The van der Waals surface area contributed by atoms with E-state index in [1.54, 1.807) is 24.3 Å². The molecule has 1 amide bonds. The van der Waals surface area contributed by atoms with Crippen LogP contribution in [0.25, 0.3) is 10.9 Å². The summed E-state index contributed by atoms with van der Waals surface area (Å²) in [7, 11) is -4.90. The molecule has 5 atom stereocenters. The Balaban J connectivity index is 1.32. The predicted octanol–water partition coefficient (Wildman–Crippen LogP) is 4.01. The number of hydrogen-bond donors (Lipinski definition) is 3. The number of thiazole rings is 1. The summed E-state index contributed by atoms with van der Waals surface area (Å²) >= 11 is 1.46. The number of carbonyl (C=O) groups excluding carboxylic acids is 1. The molecule has 2 aliphatic heterocycles. The van der Waals surface area contributed by atoms with Gasteiger partial charge in [0.2, 0.25) is 10.0 Å². The fraction of sp³-hybridized carbons (Fsp3) is 0.485. The second-order valence-corrected chi connectivity index (χ2v) is 14.3. The quantitative estimate of drug-likeness (QED) is 0.174. The van der Waals surface area contributed by atoms with Crippen LogP contribution >= 0.6 is 11.3 Å². The third kappa shape index (κ3) is 8.15. The van der Waals surface area contributed by atoms with Crippen LogP contribution in [-0.4, -0.2) is 89.9 Å². The Labute approximate surface area is 297 Å². The lowest BCUT2D eigenvalue weighted by molar-refractivity contribution is -0.0907. The highest BCUT2D eigenvalue weighted by Crippen LogP contribution is 2.33. The number of hydrogen-bond acceptors (Lipinski definition) is 11. The van der Waals surface area contributed by atoms with Crippen LogP contribution in [0.2, 0.25) is 0 Å². The van der Waals surface area contributed by atoms with Crippen LogP contribution in [0.4, 0.5) is 4.79 Å². The number of nitrogens with zero attached hydrogens (tertiary/aromatic N) is 3. The predicted molar refractivity (Wildman–Crippen MR) is 178 cm³/mol. The molecule has 3 N–H and O–H groups in total. The Morgan fingerprint density at radius 2 is 2.12 bits per heavy atom. The number of amides is 1. The van der Waals surface area contributed by atoms with E-state index >= 15 is 0 Å². The Morgan fingerprint density at radius 1 is 1.29 bits per heavy atom. The normalized spacial score (nSPS) is 27.1. The molecule has 2 aromatic carbocycles. The highest BCUT2D eigenvalue weighted by molar-refractivity contribution is 7.89. The van der Waals surface area contributed by atoms with Gasteiger partial charge in [0, 0.05) is 33.5 Å². The summed E-state index contributed by atoms with van der Waals surface area (Å²) in [6, 6.07) is 8.60. The van der Waals surface area contributed by atoms with E-state index in [-0.39, 0.29) is 26.1 Å². The van der Waals surface area contributed by atoms with Crippen molar-refractivity contribution in [2.75, 3.05) is 26.3 Å². The van der Waals surface area contributed by atoms with E-state index in [1.807, 2.05) is 12.3 Å². The van der Waals surface area contributed by atoms with Crippen molar-refractivity contribution in [2.45, 2.75) is 69.5 Å². The van der Waals surface area contributed by atoms with Crippen LogP contribution in [0.5, 0.6) is 5.75 Å². The van der Waals surface area contributed by atoms with E-state index in [0.717, 1.165) is 16.8 Å². The maximum absolute atomic E-state index is 14.3. The second-order valence-electron chi connectivity index (χ2n) is 11.3. The zero-order chi connectivity index (χ0) is 42.5. The fourth-order valence-corrected chi connectivity index (χ4v) is 7.44. The van der Waals surface area contributed by atoms with Gasteiger partial charge in [-0.05, 0) is 61.6 Å². The summed E-state index contributed by atoms with van der Waals surface area (Å²) in [6.45, 7) is -10.3. The Morgan fingerprint density at radius 3 is 2.90 bits per heavy atom. The molecule has 48 heavy (non-hydrogen) atoms. The Bertz CT molecular complexity index is 2190. The topological polar surface area (TPSA) is 165 Å². The van der Waals surface area contributed by atoms with Crippen molar-refractivity contribution < 1.29 is 51.0 Å². The monoisotopic (exact) mass is 709 g/mol. The first-order chi connectivity index (χ1) is 26.9. The molecule has 2 saturated heterocycles. The lowest BCUT2D eigenvalue weighted by Crippen LogP contribution is -2.51. The number of sulfonamides is 1. The lowest BCUT2D eigenvalue weighted by Gasteiger charge is -2.31. The van der Waals surface area contributed by atoms with Gasteiger partial charge in [-0.3, -0.25) is 5.10 Å². The summed E-state index contributed by atoms with van der Waals surface area (Å²) in [5.74, 6) is -3.97. The number of H-pyrrole nitrogens is 1. The molecule has 0 spiro atoms. The van der Waals surface area contributed by atoms with Crippen molar-refractivity contribution in [1.29, 1.82) is 0 Å². The molecule has 2 aromatic heterocycles. The fourth-order valence-electron chi connectivity index (χ4n) is 5.38. The number of ether oxygens (including phenoxy) is 4. The number of aryl methyl sites for hydroxylation is 1. The van der Waals surface area contributed by atoms with E-state index in [2.05, 4.69) is 20.5 Å². The first-order valence-corrected chi connectivity index (χ1v) is 17.3. The second kappa shape index (κ2) is 14.9. The van der Waals surface area contributed by atoms with Gasteiger partial charge in [-0.1, -0.05) is 25.8 Å². The van der Waals surface area contributed by atoms with E-state index in [9.17, 15) is 18.3 Å². The van der Waals surface area contributed by atoms with E-state index in [4.69, 9.17) is 32.7 Å². The van der Waals surface area contributed by atoms with Gasteiger partial charge in [-0.2, -0.15) is 9.40 Å². The van der Waals surface area contributed by atoms with Gasteiger partial charge in [0.1, 0.15) is 18.4 Å². The van der Waals surface area contributed by atoms with Crippen LogP contribution in [0.1, 0.15) is 50.1 Å². The molecule has 15 heteroatoms. The summed E-state index contributed by atoms with van der Waals surface area (Å²) in [6.07, 6.45) is -5.93. The van der Waals surface area contributed by atoms with Crippen LogP contribution < -0.4 is 10.1 Å². The molecular formula is C33H41N5O8S2. The molecule has 0 unspecified atom stereocenters. The lowest BCUT2D eigenvalue weighted by atomic mass is 10.0.